The molecule has 0 radical (unpaired) electrons. The van der Waals surface area contributed by atoms with Gasteiger partial charge in [-0.25, -0.2) is 5.43 Å². The van der Waals surface area contributed by atoms with Crippen molar-refractivity contribution < 1.29 is 14.6 Å². The summed E-state index contributed by atoms with van der Waals surface area (Å²) >= 11 is 0. The third kappa shape index (κ3) is 3.14. The molecule has 20 heavy (non-hydrogen) atoms. The first-order chi connectivity index (χ1) is 9.60. The highest BCUT2D eigenvalue weighted by molar-refractivity contribution is 5.93. The number of nitrogens with zero attached hydrogens (tertiary/aromatic N) is 3. The number of ether oxygens (including phenoxy) is 1. The molecule has 0 spiro atoms. The van der Waals surface area contributed by atoms with Gasteiger partial charge in [-0.15, -0.1) is 0 Å². The van der Waals surface area contributed by atoms with Crippen LogP contribution in [0.1, 0.15) is 16.1 Å². The monoisotopic (exact) mass is 274 g/mol. The Labute approximate surface area is 115 Å². The van der Waals surface area contributed by atoms with Crippen molar-refractivity contribution in [1.82, 2.24) is 15.2 Å². The lowest BCUT2D eigenvalue weighted by molar-refractivity contribution is 0.0949. The Balaban J connectivity index is 2.00. The van der Waals surface area contributed by atoms with Gasteiger partial charge in [-0.05, 0) is 29.8 Å². The number of hydrazone groups is 1. The van der Waals surface area contributed by atoms with Crippen molar-refractivity contribution in [2.24, 2.45) is 12.1 Å². The lowest BCUT2D eigenvalue weighted by atomic mass is 10.2. The minimum atomic E-state index is -0.403. The van der Waals surface area contributed by atoms with Gasteiger partial charge in [-0.1, -0.05) is 0 Å². The number of nitrogens with one attached hydrogen (secondary N) is 1. The lowest BCUT2D eigenvalue weighted by Crippen LogP contribution is -2.18. The van der Waals surface area contributed by atoms with Crippen LogP contribution in [0, 0.1) is 0 Å². The van der Waals surface area contributed by atoms with Crippen molar-refractivity contribution in [3.63, 3.8) is 0 Å². The molecule has 0 saturated heterocycles. The van der Waals surface area contributed by atoms with Crippen LogP contribution in [0.3, 0.4) is 0 Å². The summed E-state index contributed by atoms with van der Waals surface area (Å²) < 4.78 is 6.46. The first-order valence-corrected chi connectivity index (χ1v) is 5.80. The molecule has 7 nitrogen and oxygen atoms in total. The van der Waals surface area contributed by atoms with Crippen molar-refractivity contribution in [3.8, 4) is 11.5 Å². The van der Waals surface area contributed by atoms with E-state index in [1.54, 1.807) is 31.4 Å². The summed E-state index contributed by atoms with van der Waals surface area (Å²) in [6.45, 7) is 0. The van der Waals surface area contributed by atoms with Crippen LogP contribution >= 0.6 is 0 Å². The molecule has 0 saturated carbocycles. The zero-order valence-electron chi connectivity index (χ0n) is 11.1. The summed E-state index contributed by atoms with van der Waals surface area (Å²) in [6.07, 6.45) is 3.08. The van der Waals surface area contributed by atoms with Gasteiger partial charge in [-0.3, -0.25) is 9.48 Å². The van der Waals surface area contributed by atoms with Gasteiger partial charge >= 0.3 is 0 Å². The van der Waals surface area contributed by atoms with E-state index in [1.807, 2.05) is 0 Å². The average molecular weight is 274 g/mol. The zero-order valence-corrected chi connectivity index (χ0v) is 11.1. The molecule has 1 amide bonds. The minimum Gasteiger partial charge on any atom is -0.504 e. The number of aryl methyl sites for hydroxylation is 1. The summed E-state index contributed by atoms with van der Waals surface area (Å²) in [5, 5.41) is 17.3. The first kappa shape index (κ1) is 13.6. The molecule has 104 valence electrons. The molecule has 2 rings (SSSR count). The fraction of sp³-hybridized carbons (Fsp3) is 0.154. The van der Waals surface area contributed by atoms with Crippen LogP contribution in [0.4, 0.5) is 0 Å². The van der Waals surface area contributed by atoms with E-state index >= 15 is 0 Å². The van der Waals surface area contributed by atoms with Gasteiger partial charge in [0.2, 0.25) is 0 Å². The topological polar surface area (TPSA) is 88.7 Å². The highest BCUT2D eigenvalue weighted by Gasteiger charge is 2.06. The van der Waals surface area contributed by atoms with Crippen LogP contribution in [-0.2, 0) is 7.05 Å². The van der Waals surface area contributed by atoms with Crippen molar-refractivity contribution in [2.75, 3.05) is 7.11 Å². The Hall–Kier alpha value is -2.83. The lowest BCUT2D eigenvalue weighted by Gasteiger charge is -2.03. The SMILES string of the molecule is COc1ccc(C=NNC(=O)c2ccn(C)n2)cc1O. The highest BCUT2D eigenvalue weighted by Crippen LogP contribution is 2.25. The van der Waals surface area contributed by atoms with E-state index in [0.717, 1.165) is 0 Å². The Kier molecular flexibility index (Phi) is 3.99. The quantitative estimate of drug-likeness (QED) is 0.640. The molecule has 0 bridgehead atoms. The number of aromatic hydroxyl groups is 1. The van der Waals surface area contributed by atoms with Gasteiger partial charge in [0, 0.05) is 13.2 Å². The maximum absolute atomic E-state index is 11.6. The number of carbonyl (C=O) groups is 1. The average Bonchev–Trinajstić information content (AvgIpc) is 2.85. The number of rotatable bonds is 4. The Morgan fingerprint density at radius 3 is 2.90 bits per heavy atom. The summed E-state index contributed by atoms with van der Waals surface area (Å²) in [6, 6.07) is 6.38. The van der Waals surface area contributed by atoms with E-state index < -0.39 is 5.91 Å². The molecule has 0 aliphatic carbocycles. The van der Waals surface area contributed by atoms with Crippen LogP contribution in [0.2, 0.25) is 0 Å². The smallest absolute Gasteiger partial charge is 0.291 e. The molecular formula is C13H14N4O3. The van der Waals surface area contributed by atoms with Crippen LogP contribution in [-0.4, -0.2) is 34.1 Å². The molecule has 2 aromatic rings. The van der Waals surface area contributed by atoms with Crippen molar-refractivity contribution >= 4 is 12.1 Å². The van der Waals surface area contributed by atoms with E-state index in [4.69, 9.17) is 4.74 Å². The van der Waals surface area contributed by atoms with Crippen molar-refractivity contribution in [2.45, 2.75) is 0 Å². The summed E-state index contributed by atoms with van der Waals surface area (Å²) in [5.41, 5.74) is 3.26. The van der Waals surface area contributed by atoms with Gasteiger partial charge in [0.15, 0.2) is 17.2 Å². The molecule has 1 heterocycles. The van der Waals surface area contributed by atoms with Gasteiger partial charge in [0.05, 0.1) is 13.3 Å². The molecule has 0 unspecified atom stereocenters. The number of hydrogen-bond acceptors (Lipinski definition) is 5. The number of phenols is 1. The summed E-state index contributed by atoms with van der Waals surface area (Å²) in [7, 11) is 3.19. The predicted octanol–water partition coefficient (Wildman–Crippen LogP) is 0.898. The highest BCUT2D eigenvalue weighted by atomic mass is 16.5. The largest absolute Gasteiger partial charge is 0.504 e. The minimum absolute atomic E-state index is 0.00695. The normalized spacial score (nSPS) is 10.7. The number of methoxy groups -OCH3 is 1. The fourth-order valence-corrected chi connectivity index (χ4v) is 1.55. The van der Waals surface area contributed by atoms with E-state index in [1.165, 1.54) is 24.1 Å². The van der Waals surface area contributed by atoms with E-state index in [0.29, 0.717) is 11.3 Å². The molecule has 0 atom stereocenters. The predicted molar refractivity (Wildman–Crippen MR) is 72.9 cm³/mol. The molecule has 1 aromatic carbocycles. The van der Waals surface area contributed by atoms with Crippen LogP contribution in [0.5, 0.6) is 11.5 Å². The Bertz CT molecular complexity index is 649. The molecule has 7 heteroatoms. The van der Waals surface area contributed by atoms with Crippen molar-refractivity contribution in [1.29, 1.82) is 0 Å². The molecule has 0 fully saturated rings. The molecule has 1 aromatic heterocycles. The summed E-state index contributed by atoms with van der Waals surface area (Å²) in [5.74, 6) is -0.0215. The molecule has 2 N–H and O–H groups in total. The van der Waals surface area contributed by atoms with E-state index in [9.17, 15) is 9.90 Å². The number of aromatic nitrogens is 2. The first-order valence-electron chi connectivity index (χ1n) is 5.80. The fourth-order valence-electron chi connectivity index (χ4n) is 1.55. The summed E-state index contributed by atoms with van der Waals surface area (Å²) in [4.78, 5) is 11.6. The standard InChI is InChI=1S/C13H14N4O3/c1-17-6-5-10(16-17)13(19)15-14-8-9-3-4-12(20-2)11(18)7-9/h3-8,18H,1-2H3,(H,15,19). The van der Waals surface area contributed by atoms with E-state index in [-0.39, 0.29) is 11.4 Å². The third-order valence-corrected chi connectivity index (χ3v) is 2.53. The van der Waals surface area contributed by atoms with Gasteiger partial charge in [0.25, 0.3) is 5.91 Å². The van der Waals surface area contributed by atoms with Crippen molar-refractivity contribution in [3.05, 3.63) is 41.7 Å². The molecule has 0 aliphatic rings. The van der Waals surface area contributed by atoms with Crippen LogP contribution < -0.4 is 10.2 Å². The number of benzene rings is 1. The second kappa shape index (κ2) is 5.87. The number of phenolic OH excluding ortho intramolecular Hbond substituents is 1. The molecule has 0 aliphatic heterocycles. The number of hydrogen-bond donors (Lipinski definition) is 2. The maximum Gasteiger partial charge on any atom is 0.291 e. The Morgan fingerprint density at radius 1 is 1.50 bits per heavy atom. The zero-order chi connectivity index (χ0) is 14.5. The third-order valence-electron chi connectivity index (χ3n) is 2.53. The Morgan fingerprint density at radius 2 is 2.30 bits per heavy atom. The van der Waals surface area contributed by atoms with Gasteiger partial charge in [-0.2, -0.15) is 10.2 Å². The van der Waals surface area contributed by atoms with Crippen LogP contribution in [0.15, 0.2) is 35.6 Å². The van der Waals surface area contributed by atoms with Gasteiger partial charge < -0.3 is 9.84 Å². The van der Waals surface area contributed by atoms with Crippen LogP contribution in [0.25, 0.3) is 0 Å². The van der Waals surface area contributed by atoms with Gasteiger partial charge in [0.1, 0.15) is 0 Å². The van der Waals surface area contributed by atoms with E-state index in [2.05, 4.69) is 15.6 Å². The second-order valence-electron chi connectivity index (χ2n) is 4.01. The molecular weight excluding hydrogens is 260 g/mol. The number of carbonyl (C=O) groups excluding carboxylic acids is 1. The second-order valence-corrected chi connectivity index (χ2v) is 4.01. The number of amides is 1. The maximum atomic E-state index is 11.6.